The van der Waals surface area contributed by atoms with Gasteiger partial charge in [0.15, 0.2) is 6.10 Å². The highest BCUT2D eigenvalue weighted by molar-refractivity contribution is 8.00. The largest absolute Gasteiger partial charge is 0.497 e. The van der Waals surface area contributed by atoms with Crippen molar-refractivity contribution in [3.63, 3.8) is 0 Å². The van der Waals surface area contributed by atoms with Gasteiger partial charge in [0.25, 0.3) is 5.91 Å². The molecule has 1 N–H and O–H groups in total. The summed E-state index contributed by atoms with van der Waals surface area (Å²) in [6, 6.07) is 12.0. The van der Waals surface area contributed by atoms with E-state index in [1.54, 1.807) is 31.4 Å². The van der Waals surface area contributed by atoms with E-state index in [2.05, 4.69) is 5.32 Å². The van der Waals surface area contributed by atoms with Crippen molar-refractivity contribution in [3.05, 3.63) is 52.5 Å². The van der Waals surface area contributed by atoms with Crippen LogP contribution in [-0.2, 0) is 14.3 Å². The Hall–Kier alpha value is -1.89. The summed E-state index contributed by atoms with van der Waals surface area (Å²) < 4.78 is 10.2. The normalized spacial score (nSPS) is 11.5. The zero-order chi connectivity index (χ0) is 19.1. The first-order valence-corrected chi connectivity index (χ1v) is 9.35. The van der Waals surface area contributed by atoms with Crippen LogP contribution in [0.2, 0.25) is 10.0 Å². The van der Waals surface area contributed by atoms with E-state index in [1.807, 2.05) is 12.1 Å². The van der Waals surface area contributed by atoms with Gasteiger partial charge in [-0.2, -0.15) is 0 Å². The molecule has 26 heavy (non-hydrogen) atoms. The molecule has 8 heteroatoms. The Morgan fingerprint density at radius 1 is 1.15 bits per heavy atom. The minimum Gasteiger partial charge on any atom is -0.497 e. The highest BCUT2D eigenvalue weighted by Gasteiger charge is 2.19. The molecule has 0 unspecified atom stereocenters. The molecule has 0 heterocycles. The third kappa shape index (κ3) is 6.12. The molecular formula is C18H17Cl2NO4S. The van der Waals surface area contributed by atoms with Crippen molar-refractivity contribution in [2.24, 2.45) is 0 Å². The van der Waals surface area contributed by atoms with E-state index >= 15 is 0 Å². The summed E-state index contributed by atoms with van der Waals surface area (Å²) in [5.41, 5.74) is 0.361. The van der Waals surface area contributed by atoms with E-state index in [0.29, 0.717) is 15.7 Å². The van der Waals surface area contributed by atoms with E-state index in [1.165, 1.54) is 24.8 Å². The van der Waals surface area contributed by atoms with Crippen molar-refractivity contribution in [2.45, 2.75) is 17.9 Å². The van der Waals surface area contributed by atoms with E-state index in [0.717, 1.165) is 10.6 Å². The first-order valence-electron chi connectivity index (χ1n) is 7.61. The fraction of sp³-hybridized carbons (Fsp3) is 0.222. The lowest BCUT2D eigenvalue weighted by Crippen LogP contribution is -2.30. The van der Waals surface area contributed by atoms with Crippen LogP contribution in [0.5, 0.6) is 5.75 Å². The predicted octanol–water partition coefficient (Wildman–Crippen LogP) is 4.66. The number of benzene rings is 2. The summed E-state index contributed by atoms with van der Waals surface area (Å²) in [5, 5.41) is 3.37. The second-order valence-electron chi connectivity index (χ2n) is 5.21. The maximum Gasteiger partial charge on any atom is 0.317 e. The highest BCUT2D eigenvalue weighted by atomic mass is 35.5. The Morgan fingerprint density at radius 3 is 2.50 bits per heavy atom. The van der Waals surface area contributed by atoms with Gasteiger partial charge in [0.2, 0.25) is 0 Å². The molecule has 1 atom stereocenters. The molecule has 1 amide bonds. The number of thioether (sulfide) groups is 1. The van der Waals surface area contributed by atoms with Crippen LogP contribution in [0.4, 0.5) is 5.69 Å². The van der Waals surface area contributed by atoms with Gasteiger partial charge in [-0.05, 0) is 49.4 Å². The van der Waals surface area contributed by atoms with Gasteiger partial charge in [-0.3, -0.25) is 9.59 Å². The third-order valence-electron chi connectivity index (χ3n) is 3.28. The Morgan fingerprint density at radius 2 is 1.85 bits per heavy atom. The van der Waals surface area contributed by atoms with Crippen LogP contribution in [0, 0.1) is 0 Å². The maximum absolute atomic E-state index is 12.1. The minimum absolute atomic E-state index is 0.0852. The number of rotatable bonds is 7. The van der Waals surface area contributed by atoms with Gasteiger partial charge in [0.1, 0.15) is 5.75 Å². The van der Waals surface area contributed by atoms with Crippen LogP contribution in [0.3, 0.4) is 0 Å². The Bertz CT molecular complexity index is 783. The summed E-state index contributed by atoms with van der Waals surface area (Å²) in [4.78, 5) is 25.0. The van der Waals surface area contributed by atoms with Gasteiger partial charge < -0.3 is 14.8 Å². The summed E-state index contributed by atoms with van der Waals surface area (Å²) >= 11 is 13.2. The number of halogens is 2. The molecule has 0 saturated heterocycles. The Kier molecular flexibility index (Phi) is 7.63. The number of carbonyl (C=O) groups excluding carboxylic acids is 2. The van der Waals surface area contributed by atoms with Gasteiger partial charge in [0.05, 0.1) is 23.6 Å². The van der Waals surface area contributed by atoms with Gasteiger partial charge in [-0.15, -0.1) is 11.8 Å². The molecule has 0 aliphatic carbocycles. The molecule has 0 radical (unpaired) electrons. The summed E-state index contributed by atoms with van der Waals surface area (Å²) in [7, 11) is 1.59. The predicted molar refractivity (Wildman–Crippen MR) is 104 cm³/mol. The van der Waals surface area contributed by atoms with Crippen LogP contribution in [0.15, 0.2) is 47.4 Å². The molecule has 0 bridgehead atoms. The molecule has 138 valence electrons. The second kappa shape index (κ2) is 9.71. The molecule has 2 aromatic rings. The number of amides is 1. The third-order valence-corrected chi connectivity index (χ3v) is 4.83. The number of methoxy groups -OCH3 is 1. The van der Waals surface area contributed by atoms with Crippen LogP contribution in [0.1, 0.15) is 6.92 Å². The van der Waals surface area contributed by atoms with Crippen LogP contribution in [-0.4, -0.2) is 30.8 Å². The number of carbonyl (C=O) groups is 2. The first-order chi connectivity index (χ1) is 12.4. The molecule has 0 fully saturated rings. The van der Waals surface area contributed by atoms with Crippen LogP contribution < -0.4 is 10.1 Å². The lowest BCUT2D eigenvalue weighted by Gasteiger charge is -2.14. The number of ether oxygens (including phenoxy) is 2. The Balaban J connectivity index is 1.83. The molecule has 5 nitrogen and oxygen atoms in total. The maximum atomic E-state index is 12.1. The summed E-state index contributed by atoms with van der Waals surface area (Å²) in [6.07, 6.45) is -0.964. The number of hydrogen-bond donors (Lipinski definition) is 1. The lowest BCUT2D eigenvalue weighted by atomic mass is 10.3. The Labute approximate surface area is 166 Å². The van der Waals surface area contributed by atoms with Crippen molar-refractivity contribution >= 4 is 52.5 Å². The molecule has 2 aromatic carbocycles. The number of anilines is 1. The smallest absolute Gasteiger partial charge is 0.317 e. The van der Waals surface area contributed by atoms with Crippen molar-refractivity contribution in [1.82, 2.24) is 0 Å². The van der Waals surface area contributed by atoms with E-state index in [9.17, 15) is 9.59 Å². The SMILES string of the molecule is COc1ccc(SCC(=O)O[C@H](C)C(=O)Nc2cc(Cl)ccc2Cl)cc1. The molecule has 0 spiro atoms. The lowest BCUT2D eigenvalue weighted by molar-refractivity contribution is -0.150. The van der Waals surface area contributed by atoms with E-state index in [4.69, 9.17) is 32.7 Å². The van der Waals surface area contributed by atoms with Crippen molar-refractivity contribution < 1.29 is 19.1 Å². The van der Waals surface area contributed by atoms with Crippen LogP contribution in [0.25, 0.3) is 0 Å². The molecule has 2 rings (SSSR count). The average Bonchev–Trinajstić information content (AvgIpc) is 2.63. The zero-order valence-corrected chi connectivity index (χ0v) is 16.5. The monoisotopic (exact) mass is 413 g/mol. The van der Waals surface area contributed by atoms with E-state index < -0.39 is 18.0 Å². The number of hydrogen-bond acceptors (Lipinski definition) is 5. The fourth-order valence-corrected chi connectivity index (χ4v) is 2.94. The fourth-order valence-electron chi connectivity index (χ4n) is 1.93. The second-order valence-corrected chi connectivity index (χ2v) is 7.10. The summed E-state index contributed by atoms with van der Waals surface area (Å²) in [6.45, 7) is 1.49. The van der Waals surface area contributed by atoms with Gasteiger partial charge in [-0.25, -0.2) is 0 Å². The average molecular weight is 414 g/mol. The topological polar surface area (TPSA) is 64.6 Å². The van der Waals surface area contributed by atoms with Crippen molar-refractivity contribution in [3.8, 4) is 5.75 Å². The molecule has 0 aliphatic rings. The zero-order valence-electron chi connectivity index (χ0n) is 14.1. The molecule has 0 aromatic heterocycles. The van der Waals surface area contributed by atoms with Gasteiger partial charge >= 0.3 is 5.97 Å². The van der Waals surface area contributed by atoms with Crippen LogP contribution >= 0.6 is 35.0 Å². The van der Waals surface area contributed by atoms with Crippen molar-refractivity contribution in [2.75, 3.05) is 18.2 Å². The van der Waals surface area contributed by atoms with Gasteiger partial charge in [-0.1, -0.05) is 23.2 Å². The molecule has 0 aliphatic heterocycles. The molecule has 0 saturated carbocycles. The highest BCUT2D eigenvalue weighted by Crippen LogP contribution is 2.26. The molecular weight excluding hydrogens is 397 g/mol. The first kappa shape index (κ1) is 20.4. The quantitative estimate of drug-likeness (QED) is 0.527. The van der Waals surface area contributed by atoms with E-state index in [-0.39, 0.29) is 5.75 Å². The number of esters is 1. The number of nitrogens with one attached hydrogen (secondary N) is 1. The summed E-state index contributed by atoms with van der Waals surface area (Å²) in [5.74, 6) is -0.161. The minimum atomic E-state index is -0.964. The standard InChI is InChI=1S/C18H17Cl2NO4S/c1-11(18(23)21-16-9-12(19)3-8-15(16)20)25-17(22)10-26-14-6-4-13(24-2)5-7-14/h3-9,11H,10H2,1-2H3,(H,21,23)/t11-/m1/s1. The van der Waals surface area contributed by atoms with Crippen molar-refractivity contribution in [1.29, 1.82) is 0 Å². The van der Waals surface area contributed by atoms with Gasteiger partial charge in [0, 0.05) is 9.92 Å².